The number of carbonyl (C=O) groups is 2. The predicted octanol–water partition coefficient (Wildman–Crippen LogP) is 2.43. The molecule has 2 N–H and O–H groups in total. The van der Waals surface area contributed by atoms with Crippen LogP contribution in [0.5, 0.6) is 0 Å². The lowest BCUT2D eigenvalue weighted by Crippen LogP contribution is -2.43. The number of halogens is 1. The first-order valence-corrected chi connectivity index (χ1v) is 8.21. The van der Waals surface area contributed by atoms with Gasteiger partial charge in [-0.05, 0) is 11.6 Å². The van der Waals surface area contributed by atoms with E-state index in [1.807, 2.05) is 30.3 Å². The summed E-state index contributed by atoms with van der Waals surface area (Å²) >= 11 is 0. The SMILES string of the molecule is O=C(NCc1ccccc1F)NC1CC(=O)N(Cc2ccccc2)C1. The summed E-state index contributed by atoms with van der Waals surface area (Å²) in [6, 6.07) is 15.4. The molecule has 0 saturated carbocycles. The zero-order valence-electron chi connectivity index (χ0n) is 13.7. The van der Waals surface area contributed by atoms with Gasteiger partial charge in [-0.3, -0.25) is 4.79 Å². The topological polar surface area (TPSA) is 61.4 Å². The first-order chi connectivity index (χ1) is 12.1. The summed E-state index contributed by atoms with van der Waals surface area (Å²) in [5.41, 5.74) is 1.48. The molecule has 0 bridgehead atoms. The van der Waals surface area contributed by atoms with E-state index in [9.17, 15) is 14.0 Å². The van der Waals surface area contributed by atoms with E-state index >= 15 is 0 Å². The van der Waals surface area contributed by atoms with Crippen LogP contribution in [0.4, 0.5) is 9.18 Å². The van der Waals surface area contributed by atoms with E-state index in [1.165, 1.54) is 6.07 Å². The lowest BCUT2D eigenvalue weighted by atomic mass is 10.2. The minimum Gasteiger partial charge on any atom is -0.336 e. The number of rotatable bonds is 5. The minimum absolute atomic E-state index is 0.0169. The number of amides is 3. The van der Waals surface area contributed by atoms with E-state index in [0.717, 1.165) is 5.56 Å². The van der Waals surface area contributed by atoms with E-state index in [0.29, 0.717) is 18.7 Å². The highest BCUT2D eigenvalue weighted by molar-refractivity contribution is 5.81. The van der Waals surface area contributed by atoms with Crippen LogP contribution < -0.4 is 10.6 Å². The molecule has 25 heavy (non-hydrogen) atoms. The van der Waals surface area contributed by atoms with Gasteiger partial charge in [0, 0.05) is 31.6 Å². The van der Waals surface area contributed by atoms with Crippen molar-refractivity contribution in [3.63, 3.8) is 0 Å². The fourth-order valence-electron chi connectivity index (χ4n) is 2.88. The number of nitrogens with zero attached hydrogens (tertiary/aromatic N) is 1. The van der Waals surface area contributed by atoms with Gasteiger partial charge in [-0.25, -0.2) is 9.18 Å². The molecular formula is C19H20FN3O2. The van der Waals surface area contributed by atoms with Crippen molar-refractivity contribution in [3.05, 3.63) is 71.5 Å². The molecular weight excluding hydrogens is 321 g/mol. The van der Waals surface area contributed by atoms with Crippen molar-refractivity contribution in [2.24, 2.45) is 0 Å². The van der Waals surface area contributed by atoms with Crippen LogP contribution in [0.2, 0.25) is 0 Å². The van der Waals surface area contributed by atoms with Gasteiger partial charge in [0.1, 0.15) is 5.82 Å². The molecule has 1 unspecified atom stereocenters. The fraction of sp³-hybridized carbons (Fsp3) is 0.263. The van der Waals surface area contributed by atoms with Crippen molar-refractivity contribution in [2.45, 2.75) is 25.6 Å². The lowest BCUT2D eigenvalue weighted by Gasteiger charge is -2.17. The Hall–Kier alpha value is -2.89. The molecule has 0 aromatic heterocycles. The smallest absolute Gasteiger partial charge is 0.315 e. The van der Waals surface area contributed by atoms with Crippen molar-refractivity contribution < 1.29 is 14.0 Å². The molecule has 0 radical (unpaired) electrons. The highest BCUT2D eigenvalue weighted by Crippen LogP contribution is 2.15. The van der Waals surface area contributed by atoms with E-state index in [2.05, 4.69) is 10.6 Å². The van der Waals surface area contributed by atoms with Gasteiger partial charge in [0.05, 0.1) is 6.04 Å². The van der Waals surface area contributed by atoms with E-state index in [4.69, 9.17) is 0 Å². The van der Waals surface area contributed by atoms with Crippen molar-refractivity contribution in [2.75, 3.05) is 6.54 Å². The van der Waals surface area contributed by atoms with Crippen LogP contribution in [0.15, 0.2) is 54.6 Å². The second kappa shape index (κ2) is 7.79. The molecule has 1 aliphatic heterocycles. The van der Waals surface area contributed by atoms with Gasteiger partial charge in [-0.15, -0.1) is 0 Å². The molecule has 2 aromatic rings. The van der Waals surface area contributed by atoms with Crippen LogP contribution in [0, 0.1) is 5.82 Å². The summed E-state index contributed by atoms with van der Waals surface area (Å²) in [6.07, 6.45) is 0.278. The summed E-state index contributed by atoms with van der Waals surface area (Å²) in [6.45, 7) is 1.11. The number of hydrogen-bond acceptors (Lipinski definition) is 2. The summed E-state index contributed by atoms with van der Waals surface area (Å²) in [4.78, 5) is 25.8. The van der Waals surface area contributed by atoms with Gasteiger partial charge >= 0.3 is 6.03 Å². The minimum atomic E-state index is -0.400. The molecule has 2 aromatic carbocycles. The third-order valence-electron chi connectivity index (χ3n) is 4.16. The van der Waals surface area contributed by atoms with Crippen molar-refractivity contribution in [3.8, 4) is 0 Å². The molecule has 130 valence electrons. The Morgan fingerprint density at radius 3 is 2.60 bits per heavy atom. The van der Waals surface area contributed by atoms with Crippen LogP contribution in [-0.4, -0.2) is 29.4 Å². The lowest BCUT2D eigenvalue weighted by molar-refractivity contribution is -0.128. The van der Waals surface area contributed by atoms with Gasteiger partial charge in [0.2, 0.25) is 5.91 Å². The van der Waals surface area contributed by atoms with Crippen LogP contribution in [0.3, 0.4) is 0 Å². The summed E-state index contributed by atoms with van der Waals surface area (Å²) < 4.78 is 13.5. The fourth-order valence-corrected chi connectivity index (χ4v) is 2.88. The van der Waals surface area contributed by atoms with Gasteiger partial charge < -0.3 is 15.5 Å². The molecule has 1 saturated heterocycles. The van der Waals surface area contributed by atoms with Gasteiger partial charge in [0.25, 0.3) is 0 Å². The molecule has 3 rings (SSSR count). The molecule has 1 heterocycles. The Morgan fingerprint density at radius 1 is 1.12 bits per heavy atom. The standard InChI is InChI=1S/C19H20FN3O2/c20-17-9-5-4-8-15(17)11-21-19(25)22-16-10-18(24)23(13-16)12-14-6-2-1-3-7-14/h1-9,16H,10-13H2,(H2,21,22,25). The normalized spacial score (nSPS) is 16.8. The van der Waals surface area contributed by atoms with Crippen LogP contribution in [-0.2, 0) is 17.9 Å². The van der Waals surface area contributed by atoms with Gasteiger partial charge in [0.15, 0.2) is 0 Å². The van der Waals surface area contributed by atoms with Gasteiger partial charge in [-0.1, -0.05) is 48.5 Å². The highest BCUT2D eigenvalue weighted by Gasteiger charge is 2.30. The number of urea groups is 1. The summed E-state index contributed by atoms with van der Waals surface area (Å²) in [5.74, 6) is -0.337. The van der Waals surface area contributed by atoms with Crippen LogP contribution in [0.1, 0.15) is 17.5 Å². The average molecular weight is 341 g/mol. The maximum Gasteiger partial charge on any atom is 0.315 e. The second-order valence-corrected chi connectivity index (χ2v) is 6.08. The summed E-state index contributed by atoms with van der Waals surface area (Å²) in [5, 5.41) is 5.41. The maximum absolute atomic E-state index is 13.5. The Morgan fingerprint density at radius 2 is 1.84 bits per heavy atom. The number of benzene rings is 2. The maximum atomic E-state index is 13.5. The first-order valence-electron chi connectivity index (χ1n) is 8.21. The van der Waals surface area contributed by atoms with Gasteiger partial charge in [-0.2, -0.15) is 0 Å². The number of carbonyl (C=O) groups excluding carboxylic acids is 2. The first kappa shape index (κ1) is 17.0. The number of nitrogens with one attached hydrogen (secondary N) is 2. The van der Waals surface area contributed by atoms with Crippen molar-refractivity contribution in [1.82, 2.24) is 15.5 Å². The van der Waals surface area contributed by atoms with Crippen LogP contribution >= 0.6 is 0 Å². The summed E-state index contributed by atoms with van der Waals surface area (Å²) in [7, 11) is 0. The average Bonchev–Trinajstić information content (AvgIpc) is 2.94. The van der Waals surface area contributed by atoms with E-state index in [1.54, 1.807) is 23.1 Å². The van der Waals surface area contributed by atoms with E-state index < -0.39 is 6.03 Å². The van der Waals surface area contributed by atoms with Crippen molar-refractivity contribution in [1.29, 1.82) is 0 Å². The molecule has 3 amide bonds. The second-order valence-electron chi connectivity index (χ2n) is 6.08. The number of likely N-dealkylation sites (tertiary alicyclic amines) is 1. The Kier molecular flexibility index (Phi) is 5.28. The Balaban J connectivity index is 1.48. The van der Waals surface area contributed by atoms with Crippen LogP contribution in [0.25, 0.3) is 0 Å². The largest absolute Gasteiger partial charge is 0.336 e. The molecule has 1 fully saturated rings. The number of hydrogen-bond donors (Lipinski definition) is 2. The van der Waals surface area contributed by atoms with E-state index in [-0.39, 0.29) is 30.7 Å². The monoisotopic (exact) mass is 341 g/mol. The molecule has 6 heteroatoms. The molecule has 0 spiro atoms. The zero-order chi connectivity index (χ0) is 17.6. The third kappa shape index (κ3) is 4.56. The third-order valence-corrected chi connectivity index (χ3v) is 4.16. The Labute approximate surface area is 145 Å². The Bertz CT molecular complexity index is 751. The zero-order valence-corrected chi connectivity index (χ0v) is 13.7. The highest BCUT2D eigenvalue weighted by atomic mass is 19.1. The molecule has 0 aliphatic carbocycles. The molecule has 5 nitrogen and oxygen atoms in total. The quantitative estimate of drug-likeness (QED) is 0.877. The molecule has 1 aliphatic rings. The molecule has 1 atom stereocenters. The van der Waals surface area contributed by atoms with Crippen molar-refractivity contribution >= 4 is 11.9 Å². The predicted molar refractivity (Wildman–Crippen MR) is 92.0 cm³/mol.